The fourth-order valence-corrected chi connectivity index (χ4v) is 3.58. The van der Waals surface area contributed by atoms with Crippen LogP contribution in [-0.4, -0.2) is 7.11 Å². The molecule has 0 saturated heterocycles. The number of anilines is 3. The summed E-state index contributed by atoms with van der Waals surface area (Å²) in [5, 5.41) is 0. The van der Waals surface area contributed by atoms with Gasteiger partial charge in [0.1, 0.15) is 5.75 Å². The Morgan fingerprint density at radius 3 is 2.11 bits per heavy atom. The second kappa shape index (κ2) is 6.78. The maximum Gasteiger partial charge on any atom is 0.152 e. The predicted molar refractivity (Wildman–Crippen MR) is 113 cm³/mol. The van der Waals surface area contributed by atoms with Gasteiger partial charge < -0.3 is 14.4 Å². The van der Waals surface area contributed by atoms with E-state index in [2.05, 4.69) is 65.6 Å². The molecule has 0 fully saturated rings. The number of ether oxygens (including phenoxy) is 2. The molecule has 28 heavy (non-hydrogen) atoms. The molecule has 3 heteroatoms. The average molecular weight is 365 g/mol. The van der Waals surface area contributed by atoms with Gasteiger partial charge in [0.05, 0.1) is 18.5 Å². The van der Waals surface area contributed by atoms with E-state index in [9.17, 15) is 0 Å². The molecule has 0 N–H and O–H groups in total. The first-order chi connectivity index (χ1) is 13.8. The SMILES string of the molecule is COc1ccc(-c2ccc3c(c2)Oc2ccccc2N3c2ccccc2)cc1. The maximum absolute atomic E-state index is 6.27. The van der Waals surface area contributed by atoms with Crippen LogP contribution in [0.3, 0.4) is 0 Å². The summed E-state index contributed by atoms with van der Waals surface area (Å²) >= 11 is 0. The summed E-state index contributed by atoms with van der Waals surface area (Å²) < 4.78 is 11.5. The summed E-state index contributed by atoms with van der Waals surface area (Å²) in [4.78, 5) is 2.24. The van der Waals surface area contributed by atoms with Gasteiger partial charge in [-0.25, -0.2) is 0 Å². The van der Waals surface area contributed by atoms with E-state index in [0.717, 1.165) is 45.4 Å². The number of hydrogen-bond donors (Lipinski definition) is 0. The van der Waals surface area contributed by atoms with Crippen LogP contribution in [0.1, 0.15) is 0 Å². The highest BCUT2D eigenvalue weighted by Gasteiger charge is 2.25. The van der Waals surface area contributed by atoms with Gasteiger partial charge in [0.2, 0.25) is 0 Å². The van der Waals surface area contributed by atoms with Crippen LogP contribution < -0.4 is 14.4 Å². The van der Waals surface area contributed by atoms with Crippen LogP contribution >= 0.6 is 0 Å². The lowest BCUT2D eigenvalue weighted by Crippen LogP contribution is -2.15. The smallest absolute Gasteiger partial charge is 0.152 e. The second-order valence-electron chi connectivity index (χ2n) is 6.65. The predicted octanol–water partition coefficient (Wildman–Crippen LogP) is 6.94. The van der Waals surface area contributed by atoms with Crippen molar-refractivity contribution in [3.05, 3.63) is 97.1 Å². The van der Waals surface area contributed by atoms with Crippen molar-refractivity contribution in [3.8, 4) is 28.4 Å². The number of fused-ring (bicyclic) bond motifs is 2. The van der Waals surface area contributed by atoms with Crippen LogP contribution in [-0.2, 0) is 0 Å². The first-order valence-corrected chi connectivity index (χ1v) is 9.24. The molecule has 1 aliphatic rings. The normalized spacial score (nSPS) is 12.0. The van der Waals surface area contributed by atoms with Crippen LogP contribution in [0.5, 0.6) is 17.2 Å². The molecule has 0 unspecified atom stereocenters. The van der Waals surface area contributed by atoms with Crippen molar-refractivity contribution < 1.29 is 9.47 Å². The molecule has 1 heterocycles. The van der Waals surface area contributed by atoms with E-state index < -0.39 is 0 Å². The fraction of sp³-hybridized carbons (Fsp3) is 0.0400. The number of benzene rings is 4. The van der Waals surface area contributed by atoms with Crippen molar-refractivity contribution in [1.29, 1.82) is 0 Å². The van der Waals surface area contributed by atoms with Crippen molar-refractivity contribution >= 4 is 17.1 Å². The Balaban J connectivity index is 1.63. The molecule has 3 nitrogen and oxygen atoms in total. The monoisotopic (exact) mass is 365 g/mol. The number of hydrogen-bond acceptors (Lipinski definition) is 3. The molecule has 0 radical (unpaired) electrons. The lowest BCUT2D eigenvalue weighted by atomic mass is 10.0. The third-order valence-electron chi connectivity index (χ3n) is 4.96. The van der Waals surface area contributed by atoms with Gasteiger partial charge in [-0.15, -0.1) is 0 Å². The molecule has 5 rings (SSSR count). The van der Waals surface area contributed by atoms with Gasteiger partial charge >= 0.3 is 0 Å². The average Bonchev–Trinajstić information content (AvgIpc) is 2.77. The first kappa shape index (κ1) is 16.5. The molecule has 4 aromatic carbocycles. The number of rotatable bonds is 3. The molecule has 0 saturated carbocycles. The first-order valence-electron chi connectivity index (χ1n) is 9.24. The Bertz CT molecular complexity index is 1120. The second-order valence-corrected chi connectivity index (χ2v) is 6.65. The van der Waals surface area contributed by atoms with Crippen LogP contribution in [0.2, 0.25) is 0 Å². The van der Waals surface area contributed by atoms with Crippen molar-refractivity contribution in [2.75, 3.05) is 12.0 Å². The minimum absolute atomic E-state index is 0.843. The molecular formula is C25H19NO2. The van der Waals surface area contributed by atoms with Crippen molar-refractivity contribution in [3.63, 3.8) is 0 Å². The highest BCUT2D eigenvalue weighted by atomic mass is 16.5. The standard InChI is InChI=1S/C25H19NO2/c1-27-21-14-11-18(12-15-21)19-13-16-23-25(17-19)28-24-10-6-5-9-22(24)26(23)20-7-3-2-4-8-20/h2-17H,1H3. The van der Waals surface area contributed by atoms with Crippen molar-refractivity contribution in [2.24, 2.45) is 0 Å². The van der Waals surface area contributed by atoms with E-state index in [4.69, 9.17) is 9.47 Å². The summed E-state index contributed by atoms with van der Waals surface area (Å²) in [5.74, 6) is 2.55. The van der Waals surface area contributed by atoms with Crippen LogP contribution in [0.25, 0.3) is 11.1 Å². The summed E-state index contributed by atoms with van der Waals surface area (Å²) in [6, 6.07) is 32.9. The number of para-hydroxylation sites is 3. The van der Waals surface area contributed by atoms with Gasteiger partial charge in [0, 0.05) is 5.69 Å². The number of methoxy groups -OCH3 is 1. The molecule has 1 aliphatic heterocycles. The van der Waals surface area contributed by atoms with E-state index in [1.807, 2.05) is 36.4 Å². The Labute approximate surface area is 164 Å². The highest BCUT2D eigenvalue weighted by molar-refractivity contribution is 5.87. The lowest BCUT2D eigenvalue weighted by molar-refractivity contribution is 0.415. The van der Waals surface area contributed by atoms with Gasteiger partial charge in [-0.1, -0.05) is 48.5 Å². The number of nitrogens with zero attached hydrogens (tertiary/aromatic N) is 1. The molecule has 0 spiro atoms. The zero-order valence-corrected chi connectivity index (χ0v) is 15.5. The van der Waals surface area contributed by atoms with Crippen LogP contribution in [0.15, 0.2) is 97.1 Å². The van der Waals surface area contributed by atoms with Gasteiger partial charge in [0.15, 0.2) is 11.5 Å². The minimum Gasteiger partial charge on any atom is -0.497 e. The van der Waals surface area contributed by atoms with E-state index in [1.165, 1.54) is 0 Å². The van der Waals surface area contributed by atoms with E-state index >= 15 is 0 Å². The Morgan fingerprint density at radius 2 is 1.32 bits per heavy atom. The molecule has 136 valence electrons. The lowest BCUT2D eigenvalue weighted by Gasteiger charge is -2.33. The van der Waals surface area contributed by atoms with Crippen LogP contribution in [0, 0.1) is 0 Å². The molecule has 0 atom stereocenters. The van der Waals surface area contributed by atoms with E-state index in [1.54, 1.807) is 7.11 Å². The van der Waals surface area contributed by atoms with Crippen LogP contribution in [0.4, 0.5) is 17.1 Å². The van der Waals surface area contributed by atoms with Crippen molar-refractivity contribution in [1.82, 2.24) is 0 Å². The Morgan fingerprint density at radius 1 is 0.643 bits per heavy atom. The zero-order valence-electron chi connectivity index (χ0n) is 15.5. The summed E-state index contributed by atoms with van der Waals surface area (Å²) in [6.45, 7) is 0. The molecule has 0 bridgehead atoms. The summed E-state index contributed by atoms with van der Waals surface area (Å²) in [6.07, 6.45) is 0. The fourth-order valence-electron chi connectivity index (χ4n) is 3.58. The molecule has 0 aliphatic carbocycles. The van der Waals surface area contributed by atoms with Gasteiger partial charge in [-0.2, -0.15) is 0 Å². The van der Waals surface area contributed by atoms with Gasteiger partial charge in [-0.3, -0.25) is 0 Å². The molecule has 4 aromatic rings. The topological polar surface area (TPSA) is 21.7 Å². The highest BCUT2D eigenvalue weighted by Crippen LogP contribution is 2.51. The largest absolute Gasteiger partial charge is 0.497 e. The molecule has 0 aromatic heterocycles. The van der Waals surface area contributed by atoms with E-state index in [0.29, 0.717) is 0 Å². The molecular weight excluding hydrogens is 346 g/mol. The third kappa shape index (κ3) is 2.78. The summed E-state index contributed by atoms with van der Waals surface area (Å²) in [5.41, 5.74) is 5.41. The third-order valence-corrected chi connectivity index (χ3v) is 4.96. The van der Waals surface area contributed by atoms with Crippen molar-refractivity contribution in [2.45, 2.75) is 0 Å². The Kier molecular flexibility index (Phi) is 3.99. The molecule has 0 amide bonds. The van der Waals surface area contributed by atoms with Gasteiger partial charge in [-0.05, 0) is 59.7 Å². The van der Waals surface area contributed by atoms with E-state index in [-0.39, 0.29) is 0 Å². The summed E-state index contributed by atoms with van der Waals surface area (Å²) in [7, 11) is 1.68. The zero-order chi connectivity index (χ0) is 18.9. The minimum atomic E-state index is 0.843. The van der Waals surface area contributed by atoms with Gasteiger partial charge in [0.25, 0.3) is 0 Å². The maximum atomic E-state index is 6.27. The quantitative estimate of drug-likeness (QED) is 0.346. The Hall–Kier alpha value is -3.72.